The third-order valence-corrected chi connectivity index (χ3v) is 6.00. The van der Waals surface area contributed by atoms with Crippen molar-refractivity contribution < 1.29 is 14.6 Å². The highest BCUT2D eigenvalue weighted by Crippen LogP contribution is 2.31. The average Bonchev–Trinajstić information content (AvgIpc) is 3.23. The number of hydrogen-bond acceptors (Lipinski definition) is 3. The zero-order valence-electron chi connectivity index (χ0n) is 19.2. The molecule has 4 aromatic rings. The van der Waals surface area contributed by atoms with E-state index in [-0.39, 0.29) is 6.42 Å². The van der Waals surface area contributed by atoms with E-state index in [0.717, 1.165) is 41.9 Å². The van der Waals surface area contributed by atoms with Crippen LogP contribution in [0.2, 0.25) is 5.02 Å². The fourth-order valence-electron chi connectivity index (χ4n) is 4.04. The maximum absolute atomic E-state index is 10.9. The number of aryl methyl sites for hydroxylation is 1. The molecular formula is C28H29ClN2O3. The number of fused-ring (bicyclic) bond motifs is 1. The highest BCUT2D eigenvalue weighted by Gasteiger charge is 2.10. The van der Waals surface area contributed by atoms with Gasteiger partial charge in [0.05, 0.1) is 23.7 Å². The van der Waals surface area contributed by atoms with Crippen molar-refractivity contribution in [2.24, 2.45) is 0 Å². The van der Waals surface area contributed by atoms with Crippen LogP contribution in [0.25, 0.3) is 22.2 Å². The van der Waals surface area contributed by atoms with Crippen LogP contribution in [0.1, 0.15) is 30.9 Å². The van der Waals surface area contributed by atoms with E-state index in [1.165, 1.54) is 16.5 Å². The van der Waals surface area contributed by atoms with Gasteiger partial charge < -0.3 is 20.1 Å². The summed E-state index contributed by atoms with van der Waals surface area (Å²) >= 11 is 6.29. The molecule has 3 aromatic carbocycles. The van der Waals surface area contributed by atoms with E-state index in [0.29, 0.717) is 23.7 Å². The lowest BCUT2D eigenvalue weighted by molar-refractivity contribution is -0.136. The first-order chi connectivity index (χ1) is 16.5. The molecule has 0 radical (unpaired) electrons. The molecule has 0 amide bonds. The van der Waals surface area contributed by atoms with Gasteiger partial charge in [0.1, 0.15) is 5.75 Å². The predicted octanol–water partition coefficient (Wildman–Crippen LogP) is 6.95. The first kappa shape index (κ1) is 23.7. The molecule has 0 saturated heterocycles. The standard InChI is InChI=1S/C28H29ClN2O3/c1-2-7-21-16-22-17-25(20-8-4-3-5-9-20)31-26(22)18-27(21)34-13-6-12-30-24-11-10-19(14-23(24)29)15-28(32)33/h3-5,8-11,14,16-18,30-31H,2,6-7,12-13,15H2,1H3,(H,32,33). The molecule has 0 unspecified atom stereocenters. The third kappa shape index (κ3) is 5.91. The predicted molar refractivity (Wildman–Crippen MR) is 139 cm³/mol. The highest BCUT2D eigenvalue weighted by atomic mass is 35.5. The molecule has 5 nitrogen and oxygen atoms in total. The van der Waals surface area contributed by atoms with Gasteiger partial charge in [0.2, 0.25) is 0 Å². The summed E-state index contributed by atoms with van der Waals surface area (Å²) in [5.41, 5.74) is 6.04. The first-order valence-electron chi connectivity index (χ1n) is 11.6. The van der Waals surface area contributed by atoms with E-state index in [2.05, 4.69) is 47.6 Å². The summed E-state index contributed by atoms with van der Waals surface area (Å²) in [5, 5.41) is 13.9. The number of aromatic amines is 1. The molecule has 0 fully saturated rings. The van der Waals surface area contributed by atoms with Crippen molar-refractivity contribution in [3.05, 3.63) is 82.9 Å². The molecule has 0 aliphatic heterocycles. The van der Waals surface area contributed by atoms with Gasteiger partial charge in [0.15, 0.2) is 0 Å². The monoisotopic (exact) mass is 476 g/mol. The van der Waals surface area contributed by atoms with Crippen LogP contribution >= 0.6 is 11.6 Å². The van der Waals surface area contributed by atoms with E-state index in [1.54, 1.807) is 12.1 Å². The minimum atomic E-state index is -0.870. The van der Waals surface area contributed by atoms with E-state index in [1.807, 2.05) is 24.3 Å². The topological polar surface area (TPSA) is 74.3 Å². The molecule has 34 heavy (non-hydrogen) atoms. The van der Waals surface area contributed by atoms with Crippen LogP contribution in [-0.2, 0) is 17.6 Å². The van der Waals surface area contributed by atoms with E-state index >= 15 is 0 Å². The van der Waals surface area contributed by atoms with Crippen molar-refractivity contribution in [3.63, 3.8) is 0 Å². The van der Waals surface area contributed by atoms with Crippen molar-refractivity contribution >= 4 is 34.2 Å². The summed E-state index contributed by atoms with van der Waals surface area (Å²) in [6.07, 6.45) is 2.78. The van der Waals surface area contributed by atoms with Gasteiger partial charge in [-0.15, -0.1) is 0 Å². The molecule has 0 saturated carbocycles. The molecule has 0 aliphatic rings. The number of ether oxygens (including phenoxy) is 1. The summed E-state index contributed by atoms with van der Waals surface area (Å²) in [6.45, 7) is 3.45. The Kier molecular flexibility index (Phi) is 7.76. The molecule has 6 heteroatoms. The minimum Gasteiger partial charge on any atom is -0.493 e. The maximum atomic E-state index is 10.9. The largest absolute Gasteiger partial charge is 0.493 e. The number of H-pyrrole nitrogens is 1. The molecule has 0 atom stereocenters. The number of rotatable bonds is 11. The molecule has 0 bridgehead atoms. The fraction of sp³-hybridized carbons (Fsp3) is 0.250. The lowest BCUT2D eigenvalue weighted by Crippen LogP contribution is -2.09. The summed E-state index contributed by atoms with van der Waals surface area (Å²) in [7, 11) is 0. The number of carboxylic acids is 1. The number of nitrogens with one attached hydrogen (secondary N) is 2. The van der Waals surface area contributed by atoms with E-state index in [4.69, 9.17) is 21.4 Å². The van der Waals surface area contributed by atoms with Gasteiger partial charge in [-0.05, 0) is 53.8 Å². The van der Waals surface area contributed by atoms with Gasteiger partial charge >= 0.3 is 5.97 Å². The number of aromatic nitrogens is 1. The Morgan fingerprint density at radius 2 is 1.91 bits per heavy atom. The zero-order chi connectivity index (χ0) is 23.9. The van der Waals surface area contributed by atoms with Crippen molar-refractivity contribution in [2.75, 3.05) is 18.5 Å². The van der Waals surface area contributed by atoms with Crippen LogP contribution in [0.5, 0.6) is 5.75 Å². The number of benzene rings is 3. The second-order valence-electron chi connectivity index (χ2n) is 8.36. The Morgan fingerprint density at radius 1 is 1.09 bits per heavy atom. The van der Waals surface area contributed by atoms with Gasteiger partial charge in [-0.1, -0.05) is 61.3 Å². The van der Waals surface area contributed by atoms with Crippen LogP contribution in [0, 0.1) is 0 Å². The van der Waals surface area contributed by atoms with Gasteiger partial charge in [-0.2, -0.15) is 0 Å². The lowest BCUT2D eigenvalue weighted by Gasteiger charge is -2.13. The number of carboxylic acid groups (broad SMARTS) is 1. The molecule has 176 valence electrons. The van der Waals surface area contributed by atoms with E-state index < -0.39 is 5.97 Å². The Hall–Kier alpha value is -3.44. The zero-order valence-corrected chi connectivity index (χ0v) is 20.0. The number of aliphatic carboxylic acids is 1. The van der Waals surface area contributed by atoms with Crippen LogP contribution < -0.4 is 10.1 Å². The van der Waals surface area contributed by atoms with Crippen molar-refractivity contribution in [2.45, 2.75) is 32.6 Å². The Morgan fingerprint density at radius 3 is 2.65 bits per heavy atom. The van der Waals surface area contributed by atoms with Crippen LogP contribution in [-0.4, -0.2) is 29.2 Å². The SMILES string of the molecule is CCCc1cc2cc(-c3ccccc3)[nH]c2cc1OCCCNc1ccc(CC(=O)O)cc1Cl. The summed E-state index contributed by atoms with van der Waals surface area (Å²) in [4.78, 5) is 14.4. The first-order valence-corrected chi connectivity index (χ1v) is 12.0. The number of carbonyl (C=O) groups is 1. The molecule has 3 N–H and O–H groups in total. The highest BCUT2D eigenvalue weighted by molar-refractivity contribution is 6.33. The minimum absolute atomic E-state index is 0.0358. The lowest BCUT2D eigenvalue weighted by atomic mass is 10.1. The number of anilines is 1. The smallest absolute Gasteiger partial charge is 0.307 e. The van der Waals surface area contributed by atoms with Gasteiger partial charge in [-0.25, -0.2) is 0 Å². The summed E-state index contributed by atoms with van der Waals surface area (Å²) < 4.78 is 6.19. The molecular weight excluding hydrogens is 448 g/mol. The average molecular weight is 477 g/mol. The Bertz CT molecular complexity index is 1270. The molecule has 0 aliphatic carbocycles. The molecule has 4 rings (SSSR count). The summed E-state index contributed by atoms with van der Waals surface area (Å²) in [6, 6.07) is 22.2. The van der Waals surface area contributed by atoms with Gasteiger partial charge in [0.25, 0.3) is 0 Å². The molecule has 1 heterocycles. The van der Waals surface area contributed by atoms with Crippen molar-refractivity contribution in [3.8, 4) is 17.0 Å². The fourth-order valence-corrected chi connectivity index (χ4v) is 4.31. The maximum Gasteiger partial charge on any atom is 0.307 e. The third-order valence-electron chi connectivity index (χ3n) is 5.69. The van der Waals surface area contributed by atoms with Crippen molar-refractivity contribution in [1.82, 2.24) is 4.98 Å². The molecule has 0 spiro atoms. The van der Waals surface area contributed by atoms with Crippen molar-refractivity contribution in [1.29, 1.82) is 0 Å². The summed E-state index contributed by atoms with van der Waals surface area (Å²) in [5.74, 6) is 0.0528. The normalized spacial score (nSPS) is 11.0. The quantitative estimate of drug-likeness (QED) is 0.205. The van der Waals surface area contributed by atoms with Crippen LogP contribution in [0.4, 0.5) is 5.69 Å². The van der Waals surface area contributed by atoms with Gasteiger partial charge in [0, 0.05) is 29.2 Å². The number of halogens is 1. The Labute approximate surface area is 204 Å². The second kappa shape index (κ2) is 11.1. The van der Waals surface area contributed by atoms with Crippen LogP contribution in [0.3, 0.4) is 0 Å². The number of hydrogen-bond donors (Lipinski definition) is 3. The molecule has 1 aromatic heterocycles. The van der Waals surface area contributed by atoms with Crippen LogP contribution in [0.15, 0.2) is 66.7 Å². The Balaban J connectivity index is 1.37. The van der Waals surface area contributed by atoms with E-state index in [9.17, 15) is 4.79 Å². The second-order valence-corrected chi connectivity index (χ2v) is 8.77. The van der Waals surface area contributed by atoms with Gasteiger partial charge in [-0.3, -0.25) is 4.79 Å².